The largest absolute Gasteiger partial charge is 0.391 e. The molecule has 1 aromatic heterocycles. The first kappa shape index (κ1) is 84.6. The molecular weight excluding hydrogens is 1470 g/mol. The molecule has 0 bridgehead atoms. The number of benzene rings is 5. The Bertz CT molecular complexity index is 4320. The number of aliphatic hydroxyl groups is 1. The van der Waals surface area contributed by atoms with E-state index in [9.17, 15) is 45.9 Å². The number of anilines is 1. The molecule has 0 spiro atoms. The van der Waals surface area contributed by atoms with E-state index >= 15 is 0 Å². The second-order valence-corrected chi connectivity index (χ2v) is 38.1. The maximum absolute atomic E-state index is 14.3. The number of unbranched alkanes of at least 4 members (excludes halogenated alkanes) is 4. The average Bonchev–Trinajstić information content (AvgIpc) is 1.77. The topological polar surface area (TPSA) is 248 Å². The highest BCUT2D eigenvalue weighted by Gasteiger charge is 2.45. The van der Waals surface area contributed by atoms with E-state index < -0.39 is 60.7 Å². The summed E-state index contributed by atoms with van der Waals surface area (Å²) in [5.41, 5.74) is 9.79. The van der Waals surface area contributed by atoms with E-state index in [0.29, 0.717) is 56.2 Å². The first-order valence-corrected chi connectivity index (χ1v) is 44.4. The van der Waals surface area contributed by atoms with Gasteiger partial charge in [0, 0.05) is 124 Å². The van der Waals surface area contributed by atoms with E-state index in [4.69, 9.17) is 16.3 Å². The van der Waals surface area contributed by atoms with Crippen molar-refractivity contribution in [3.8, 4) is 10.4 Å². The number of aryl methyl sites for hydroxylation is 1. The van der Waals surface area contributed by atoms with Crippen LogP contribution in [0.1, 0.15) is 150 Å². The summed E-state index contributed by atoms with van der Waals surface area (Å²) < 4.78 is 60.4. The second-order valence-electron chi connectivity index (χ2n) is 31.8. The maximum atomic E-state index is 14.3. The molecule has 1 aliphatic carbocycles. The number of halogens is 1. The summed E-state index contributed by atoms with van der Waals surface area (Å²) in [5, 5.41) is 20.6. The molecule has 4 aliphatic rings. The number of ketones is 1. The van der Waals surface area contributed by atoms with Crippen LogP contribution in [0.2, 0.25) is 5.02 Å². The van der Waals surface area contributed by atoms with Crippen LogP contribution in [0.3, 0.4) is 0 Å². The molecule has 4 N–H and O–H groups in total. The molecule has 3 saturated heterocycles. The lowest BCUT2D eigenvalue weighted by molar-refractivity contribution is -0.144. The van der Waals surface area contributed by atoms with Crippen LogP contribution in [0.15, 0.2) is 147 Å². The van der Waals surface area contributed by atoms with Gasteiger partial charge in [0.05, 0.1) is 51.2 Å². The SMILES string of the molecule is Cc1ncsc1-c1ccc([C@H](C)NC(=O)[C@@H]2C[C@@H](O)CN2C(=O)[C@@H](NC(=O)CCCCCCCC(=O)NCCN(C)CC2(C)CCC(c3ccc(Cl)cc3)=C(CN3CCN(c4ccc(C(=O)CS(=O)(=O)c5ccc(C[C@H](CCN6CCOCC6)CSc6ccccc6)c(S(C)(=O)=O)c5)cc4)CC3)C2)C(C)(C)C)cc1. The van der Waals surface area contributed by atoms with Gasteiger partial charge >= 0.3 is 0 Å². The summed E-state index contributed by atoms with van der Waals surface area (Å²) in [6, 6.07) is 35.5. The number of Topliss-reactive ketones (excluding diaryl/α,β-unsaturated/α-hetero) is 1. The molecule has 20 nitrogen and oxygen atoms in total. The van der Waals surface area contributed by atoms with Crippen molar-refractivity contribution < 1.29 is 50.7 Å². The first-order chi connectivity index (χ1) is 52.0. The number of nitrogens with zero attached hydrogens (tertiary/aromatic N) is 6. The monoisotopic (exact) mass is 1590 g/mol. The number of likely N-dealkylation sites (N-methyl/N-ethyl adjacent to an activating group) is 1. The number of thiazole rings is 1. The molecule has 6 aromatic rings. The molecule has 0 radical (unpaired) electrons. The van der Waals surface area contributed by atoms with Gasteiger partial charge in [0.15, 0.2) is 25.5 Å². The molecule has 4 heterocycles. The molecule has 1 unspecified atom stereocenters. The number of morpholine rings is 1. The maximum Gasteiger partial charge on any atom is 0.246 e. The third-order valence-electron chi connectivity index (χ3n) is 21.7. The summed E-state index contributed by atoms with van der Waals surface area (Å²) in [6.45, 7) is 21.8. The molecule has 5 aromatic carbocycles. The van der Waals surface area contributed by atoms with Crippen LogP contribution in [0.25, 0.3) is 16.0 Å². The van der Waals surface area contributed by atoms with Gasteiger partial charge in [-0.3, -0.25) is 33.8 Å². The summed E-state index contributed by atoms with van der Waals surface area (Å²) in [5.74, 6) is -1.49. The Morgan fingerprint density at radius 3 is 2.15 bits per heavy atom. The van der Waals surface area contributed by atoms with Gasteiger partial charge in [0.1, 0.15) is 17.8 Å². The lowest BCUT2D eigenvalue weighted by atomic mass is 9.71. The first-order valence-electron chi connectivity index (χ1n) is 38.6. The van der Waals surface area contributed by atoms with Crippen LogP contribution in [0.4, 0.5) is 5.69 Å². The lowest BCUT2D eigenvalue weighted by Crippen LogP contribution is -2.57. The number of likely N-dealkylation sites (tertiary alicyclic amines) is 1. The van der Waals surface area contributed by atoms with Gasteiger partial charge in [0.2, 0.25) is 23.6 Å². The van der Waals surface area contributed by atoms with E-state index in [-0.39, 0.29) is 69.8 Å². The fourth-order valence-electron chi connectivity index (χ4n) is 15.5. The Kier molecular flexibility index (Phi) is 30.3. The number of carbonyl (C=O) groups excluding carboxylic acids is 5. The Morgan fingerprint density at radius 2 is 1.49 bits per heavy atom. The number of amides is 4. The van der Waals surface area contributed by atoms with E-state index in [2.05, 4.69) is 78.8 Å². The second kappa shape index (κ2) is 39.1. The molecule has 590 valence electrons. The number of hydrogen-bond donors (Lipinski definition) is 4. The zero-order valence-corrected chi connectivity index (χ0v) is 68.8. The summed E-state index contributed by atoms with van der Waals surface area (Å²) in [7, 11) is -5.94. The van der Waals surface area contributed by atoms with Gasteiger partial charge in [-0.1, -0.05) is 125 Å². The van der Waals surface area contributed by atoms with Gasteiger partial charge in [-0.25, -0.2) is 21.8 Å². The van der Waals surface area contributed by atoms with Gasteiger partial charge in [0.25, 0.3) is 0 Å². The molecule has 0 saturated carbocycles. The van der Waals surface area contributed by atoms with Crippen molar-refractivity contribution in [2.45, 2.75) is 164 Å². The van der Waals surface area contributed by atoms with Crippen molar-refractivity contribution in [1.82, 2.24) is 40.5 Å². The van der Waals surface area contributed by atoms with Crippen LogP contribution >= 0.6 is 34.7 Å². The molecule has 4 amide bonds. The highest BCUT2D eigenvalue weighted by atomic mass is 35.5. The van der Waals surface area contributed by atoms with E-state index in [0.717, 1.165) is 155 Å². The Balaban J connectivity index is 0.635. The van der Waals surface area contributed by atoms with Crippen LogP contribution in [0, 0.1) is 23.7 Å². The normalized spacial score (nSPS) is 19.2. The number of carbonyl (C=O) groups is 5. The fraction of sp³-hybridized carbons (Fsp3) is 0.524. The third kappa shape index (κ3) is 24.6. The number of sulfone groups is 2. The number of β-amino-alcohol motifs (C(OH)–C–C–N with tert-alkyl or cyclic N) is 1. The van der Waals surface area contributed by atoms with E-state index in [1.165, 1.54) is 33.7 Å². The van der Waals surface area contributed by atoms with E-state index in [1.807, 2.05) is 107 Å². The Hall–Kier alpha value is -6.84. The standard InChI is InChI=1S/C84H112ClN9O11S4/c1-59(62-21-23-65(24-22-62)79-60(2)87-58-107-79)88-81(99)74-50-70(95)54-94(74)82(100)80(83(3,4)5)89-78(98)20-16-11-9-10-15-19-77(97)86-38-40-90(7)57-84(6)37-35-73(63-25-30-68(85)31-26-63)67(52-84)53-92-41-43-93(44-42-92)69-32-27-64(28-33-69)75(96)56-109(103,104)72-34-29-66(76(51-72)108(8,101)102)49-61(36-39-91-45-47-105-48-46-91)55-106-71-17-13-12-14-18-71/h12-14,17-18,21-34,51,58-59,61,70,74,80,95H,9-11,15-16,19-20,35-50,52-57H2,1-8H3,(H,86,97)(H,88,99)(H,89,98)/t59-,61-,70+,74-,80+,84?/m0/s1. The molecule has 109 heavy (non-hydrogen) atoms. The highest BCUT2D eigenvalue weighted by Crippen LogP contribution is 2.44. The van der Waals surface area contributed by atoms with Gasteiger partial charge < -0.3 is 40.5 Å². The van der Waals surface area contributed by atoms with Crippen LogP contribution in [-0.4, -0.2) is 211 Å². The summed E-state index contributed by atoms with van der Waals surface area (Å²) >= 11 is 9.70. The highest BCUT2D eigenvalue weighted by molar-refractivity contribution is 7.99. The summed E-state index contributed by atoms with van der Waals surface area (Å²) in [4.78, 5) is 85.6. The number of thioether (sulfide) groups is 1. The zero-order valence-electron chi connectivity index (χ0n) is 64.7. The minimum Gasteiger partial charge on any atom is -0.391 e. The smallest absolute Gasteiger partial charge is 0.246 e. The van der Waals surface area contributed by atoms with Crippen molar-refractivity contribution in [2.75, 3.05) is 121 Å². The third-order valence-corrected chi connectivity index (χ3v) is 27.0. The predicted octanol–water partition coefficient (Wildman–Crippen LogP) is 12.4. The predicted molar refractivity (Wildman–Crippen MR) is 437 cm³/mol. The number of aromatic nitrogens is 1. The molecule has 3 aliphatic heterocycles. The number of hydrogen-bond acceptors (Lipinski definition) is 18. The lowest BCUT2D eigenvalue weighted by Gasteiger charge is -2.42. The molecule has 10 rings (SSSR count). The molecule has 25 heteroatoms. The van der Waals surface area contributed by atoms with Gasteiger partial charge in [-0.2, -0.15) is 0 Å². The quantitative estimate of drug-likeness (QED) is 0.0162. The van der Waals surface area contributed by atoms with Crippen molar-refractivity contribution in [2.24, 2.45) is 16.7 Å². The molecule has 3 fully saturated rings. The minimum absolute atomic E-state index is 0.00388. The molecule has 6 atom stereocenters. The number of nitrogens with one attached hydrogen (secondary N) is 3. The minimum atomic E-state index is -4.22. The van der Waals surface area contributed by atoms with Crippen molar-refractivity contribution in [3.05, 3.63) is 165 Å². The number of allylic oxidation sites excluding steroid dienone is 1. The van der Waals surface area contributed by atoms with Crippen molar-refractivity contribution in [3.63, 3.8) is 0 Å². The fourth-order valence-corrected chi connectivity index (χ4v) is 19.8. The van der Waals surface area contributed by atoms with Crippen LogP contribution in [0.5, 0.6) is 0 Å². The van der Waals surface area contributed by atoms with Crippen LogP contribution < -0.4 is 20.9 Å². The van der Waals surface area contributed by atoms with Gasteiger partial charge in [-0.05, 0) is 178 Å². The number of piperazine rings is 1. The summed E-state index contributed by atoms with van der Waals surface area (Å²) in [6.07, 6.45) is 8.98. The zero-order chi connectivity index (χ0) is 78.0. The van der Waals surface area contributed by atoms with Crippen LogP contribution in [-0.2, 0) is 50.0 Å². The number of rotatable bonds is 36. The number of aliphatic hydroxyl groups excluding tert-OH is 1. The van der Waals surface area contributed by atoms with Crippen molar-refractivity contribution >= 4 is 95.0 Å². The average molecular weight is 1590 g/mol. The molecular formula is C84H112ClN9O11S4. The Morgan fingerprint density at radius 1 is 0.817 bits per heavy atom. The van der Waals surface area contributed by atoms with E-state index in [1.54, 1.807) is 41.3 Å². The Labute approximate surface area is 659 Å². The number of ether oxygens (including phenoxy) is 1. The van der Waals surface area contributed by atoms with Crippen molar-refractivity contribution in [1.29, 1.82) is 0 Å². The van der Waals surface area contributed by atoms with Gasteiger partial charge in [-0.15, -0.1) is 23.1 Å².